The fourth-order valence-corrected chi connectivity index (χ4v) is 4.15. The largest absolute Gasteiger partial charge is 0.488 e. The second kappa shape index (κ2) is 8.23. The summed E-state index contributed by atoms with van der Waals surface area (Å²) in [4.78, 5) is 2.10. The monoisotopic (exact) mass is 428 g/mol. The number of nitrogens with one attached hydrogen (secondary N) is 1. The summed E-state index contributed by atoms with van der Waals surface area (Å²) in [5.41, 5.74) is -0.302. The zero-order valence-corrected chi connectivity index (χ0v) is 17.0. The fourth-order valence-electron chi connectivity index (χ4n) is 3.09. The summed E-state index contributed by atoms with van der Waals surface area (Å²) >= 11 is 0. The third-order valence-electron chi connectivity index (χ3n) is 4.84. The highest BCUT2D eigenvalue weighted by Gasteiger charge is 2.32. The Morgan fingerprint density at radius 3 is 2.28 bits per heavy atom. The molecule has 158 valence electrons. The topological polar surface area (TPSA) is 58.6 Å². The molecule has 9 heteroatoms. The Bertz CT molecular complexity index is 952. The molecule has 2 aromatic rings. The van der Waals surface area contributed by atoms with Gasteiger partial charge in [-0.05, 0) is 57.1 Å². The molecule has 1 N–H and O–H groups in total. The highest BCUT2D eigenvalue weighted by Crippen LogP contribution is 2.37. The van der Waals surface area contributed by atoms with Crippen molar-refractivity contribution in [1.82, 2.24) is 4.90 Å². The van der Waals surface area contributed by atoms with E-state index in [0.717, 1.165) is 30.8 Å². The summed E-state index contributed by atoms with van der Waals surface area (Å²) in [5, 5.41) is 0. The zero-order valence-electron chi connectivity index (χ0n) is 16.2. The third kappa shape index (κ3) is 5.42. The Kier molecular flexibility index (Phi) is 6.09. The molecule has 1 aliphatic rings. The molecule has 0 aliphatic carbocycles. The number of benzene rings is 2. The number of likely N-dealkylation sites (tertiary alicyclic amines) is 1. The van der Waals surface area contributed by atoms with Crippen LogP contribution >= 0.6 is 0 Å². The maximum atomic E-state index is 13.2. The number of ether oxygens (including phenoxy) is 1. The van der Waals surface area contributed by atoms with E-state index in [2.05, 4.69) is 9.62 Å². The molecular weight excluding hydrogens is 405 g/mol. The Balaban J connectivity index is 1.92. The minimum Gasteiger partial charge on any atom is -0.488 e. The van der Waals surface area contributed by atoms with E-state index >= 15 is 0 Å². The van der Waals surface area contributed by atoms with E-state index in [1.807, 2.05) is 14.0 Å². The normalized spacial score (nSPS) is 16.6. The van der Waals surface area contributed by atoms with Crippen molar-refractivity contribution in [3.63, 3.8) is 0 Å². The predicted molar refractivity (Wildman–Crippen MR) is 105 cm³/mol. The first-order valence-electron chi connectivity index (χ1n) is 9.20. The SMILES string of the molecule is Cc1ccc(S(=O)(=O)Nc2cc(C(F)(F)F)ccc2OC2CCN(C)CC2)cc1. The van der Waals surface area contributed by atoms with Crippen molar-refractivity contribution in [2.45, 2.75) is 36.9 Å². The number of alkyl halides is 3. The van der Waals surface area contributed by atoms with Gasteiger partial charge in [0.25, 0.3) is 10.0 Å². The van der Waals surface area contributed by atoms with Gasteiger partial charge in [0.2, 0.25) is 0 Å². The van der Waals surface area contributed by atoms with Gasteiger partial charge < -0.3 is 9.64 Å². The van der Waals surface area contributed by atoms with Crippen LogP contribution < -0.4 is 9.46 Å². The molecule has 0 bridgehead atoms. The van der Waals surface area contributed by atoms with Gasteiger partial charge in [0.05, 0.1) is 16.1 Å². The lowest BCUT2D eigenvalue weighted by Crippen LogP contribution is -2.35. The van der Waals surface area contributed by atoms with Crippen LogP contribution in [0.2, 0.25) is 0 Å². The number of rotatable bonds is 5. The van der Waals surface area contributed by atoms with E-state index in [1.54, 1.807) is 12.1 Å². The maximum absolute atomic E-state index is 13.2. The first-order chi connectivity index (χ1) is 13.5. The van der Waals surface area contributed by atoms with Crippen LogP contribution in [0.5, 0.6) is 5.75 Å². The highest BCUT2D eigenvalue weighted by molar-refractivity contribution is 7.92. The number of hydrogen-bond donors (Lipinski definition) is 1. The molecular formula is C20H23F3N2O3S. The molecule has 0 saturated carbocycles. The molecule has 2 aromatic carbocycles. The summed E-state index contributed by atoms with van der Waals surface area (Å²) in [6.07, 6.45) is -3.37. The molecule has 0 amide bonds. The zero-order chi connectivity index (χ0) is 21.2. The number of aryl methyl sites for hydroxylation is 1. The van der Waals surface area contributed by atoms with Crippen molar-refractivity contribution >= 4 is 15.7 Å². The standard InChI is InChI=1S/C20H23F3N2O3S/c1-14-3-6-17(7-4-14)29(26,27)24-18-13-15(20(21,22)23)5-8-19(18)28-16-9-11-25(2)12-10-16/h3-8,13,16,24H,9-12H2,1-2H3. The fraction of sp³-hybridized carbons (Fsp3) is 0.400. The van der Waals surface area contributed by atoms with Crippen LogP contribution in [-0.4, -0.2) is 39.6 Å². The first kappa shape index (κ1) is 21.4. The van der Waals surface area contributed by atoms with Crippen LogP contribution in [0, 0.1) is 6.92 Å². The van der Waals surface area contributed by atoms with E-state index in [1.165, 1.54) is 18.2 Å². The number of piperidine rings is 1. The number of anilines is 1. The predicted octanol–water partition coefficient (Wildman–Crippen LogP) is 4.29. The molecule has 0 spiro atoms. The molecule has 1 aliphatic heterocycles. The maximum Gasteiger partial charge on any atom is 0.416 e. The molecule has 3 rings (SSSR count). The van der Waals surface area contributed by atoms with Crippen LogP contribution in [-0.2, 0) is 16.2 Å². The van der Waals surface area contributed by atoms with Crippen LogP contribution in [0.15, 0.2) is 47.4 Å². The van der Waals surface area contributed by atoms with E-state index < -0.39 is 21.8 Å². The van der Waals surface area contributed by atoms with Crippen molar-refractivity contribution in [3.05, 3.63) is 53.6 Å². The molecule has 0 aromatic heterocycles. The van der Waals surface area contributed by atoms with Gasteiger partial charge in [-0.2, -0.15) is 13.2 Å². The van der Waals surface area contributed by atoms with Gasteiger partial charge in [0, 0.05) is 13.1 Å². The van der Waals surface area contributed by atoms with E-state index in [9.17, 15) is 21.6 Å². The highest BCUT2D eigenvalue weighted by atomic mass is 32.2. The number of sulfonamides is 1. The summed E-state index contributed by atoms with van der Waals surface area (Å²) in [6.45, 7) is 3.41. The average molecular weight is 428 g/mol. The van der Waals surface area contributed by atoms with E-state index in [0.29, 0.717) is 12.8 Å². The second-order valence-corrected chi connectivity index (χ2v) is 8.93. The Morgan fingerprint density at radius 1 is 1.07 bits per heavy atom. The van der Waals surface area contributed by atoms with Gasteiger partial charge in [-0.15, -0.1) is 0 Å². The van der Waals surface area contributed by atoms with Gasteiger partial charge in [-0.1, -0.05) is 17.7 Å². The van der Waals surface area contributed by atoms with Crippen molar-refractivity contribution in [2.24, 2.45) is 0 Å². The summed E-state index contributed by atoms with van der Waals surface area (Å²) in [7, 11) is -2.09. The van der Waals surface area contributed by atoms with Crippen molar-refractivity contribution in [3.8, 4) is 5.75 Å². The minimum atomic E-state index is -4.60. The van der Waals surface area contributed by atoms with Crippen molar-refractivity contribution in [2.75, 3.05) is 24.9 Å². The number of hydrogen-bond acceptors (Lipinski definition) is 4. The lowest BCUT2D eigenvalue weighted by atomic mass is 10.1. The number of nitrogens with zero attached hydrogens (tertiary/aromatic N) is 1. The van der Waals surface area contributed by atoms with Crippen molar-refractivity contribution < 1.29 is 26.3 Å². The Labute approximate surface area is 168 Å². The molecule has 1 heterocycles. The lowest BCUT2D eigenvalue weighted by molar-refractivity contribution is -0.137. The van der Waals surface area contributed by atoms with Gasteiger partial charge >= 0.3 is 6.18 Å². The molecule has 0 atom stereocenters. The minimum absolute atomic E-state index is 0.0363. The van der Waals surface area contributed by atoms with Crippen LogP contribution in [0.25, 0.3) is 0 Å². The van der Waals surface area contributed by atoms with E-state index in [4.69, 9.17) is 4.74 Å². The summed E-state index contributed by atoms with van der Waals surface area (Å²) in [6, 6.07) is 8.90. The van der Waals surface area contributed by atoms with Gasteiger partial charge in [-0.3, -0.25) is 4.72 Å². The number of halogens is 3. The second-order valence-electron chi connectivity index (χ2n) is 7.25. The summed E-state index contributed by atoms with van der Waals surface area (Å²) in [5.74, 6) is 0.0863. The van der Waals surface area contributed by atoms with Crippen LogP contribution in [0.1, 0.15) is 24.0 Å². The Morgan fingerprint density at radius 2 is 1.69 bits per heavy atom. The molecule has 29 heavy (non-hydrogen) atoms. The first-order valence-corrected chi connectivity index (χ1v) is 10.7. The van der Waals surface area contributed by atoms with Crippen LogP contribution in [0.4, 0.5) is 18.9 Å². The van der Waals surface area contributed by atoms with Gasteiger partial charge in [0.15, 0.2) is 0 Å². The van der Waals surface area contributed by atoms with Gasteiger partial charge in [0.1, 0.15) is 11.9 Å². The smallest absolute Gasteiger partial charge is 0.416 e. The lowest BCUT2D eigenvalue weighted by Gasteiger charge is -2.30. The molecule has 5 nitrogen and oxygen atoms in total. The van der Waals surface area contributed by atoms with Crippen LogP contribution in [0.3, 0.4) is 0 Å². The third-order valence-corrected chi connectivity index (χ3v) is 6.22. The van der Waals surface area contributed by atoms with E-state index in [-0.39, 0.29) is 22.4 Å². The van der Waals surface area contributed by atoms with Crippen molar-refractivity contribution in [1.29, 1.82) is 0 Å². The Hall–Kier alpha value is -2.26. The average Bonchev–Trinajstić information content (AvgIpc) is 2.64. The summed E-state index contributed by atoms with van der Waals surface area (Å²) < 4.78 is 73.1. The molecule has 1 fully saturated rings. The molecule has 1 saturated heterocycles. The molecule has 0 radical (unpaired) electrons. The van der Waals surface area contributed by atoms with Gasteiger partial charge in [-0.25, -0.2) is 8.42 Å². The quantitative estimate of drug-likeness (QED) is 0.772. The molecule has 0 unspecified atom stereocenters.